The van der Waals surface area contributed by atoms with Gasteiger partial charge >= 0.3 is 0 Å². The molecule has 0 radical (unpaired) electrons. The smallest absolute Gasteiger partial charge is 0.231 e. The molecule has 1 fully saturated rings. The molecule has 4 heteroatoms. The Hall–Kier alpha value is -0.740. The van der Waals surface area contributed by atoms with Crippen LogP contribution in [0, 0.1) is 0 Å². The second-order valence-corrected chi connectivity index (χ2v) is 5.52. The second kappa shape index (κ2) is 4.86. The van der Waals surface area contributed by atoms with E-state index in [-0.39, 0.29) is 0 Å². The molecule has 2 heterocycles. The van der Waals surface area contributed by atoms with Crippen molar-refractivity contribution in [3.8, 4) is 11.5 Å². The predicted octanol–water partition coefficient (Wildman–Crippen LogP) is 2.86. The van der Waals surface area contributed by atoms with Crippen LogP contribution in [-0.4, -0.2) is 19.4 Å². The lowest BCUT2D eigenvalue weighted by Gasteiger charge is -2.23. The average molecular weight is 298 g/mol. The summed E-state index contributed by atoms with van der Waals surface area (Å²) in [5.41, 5.74) is 1.31. The number of hydrogen-bond acceptors (Lipinski definition) is 3. The van der Waals surface area contributed by atoms with Gasteiger partial charge in [-0.05, 0) is 59.4 Å². The van der Waals surface area contributed by atoms with Crippen molar-refractivity contribution in [1.82, 2.24) is 5.32 Å². The van der Waals surface area contributed by atoms with E-state index in [1.54, 1.807) is 0 Å². The van der Waals surface area contributed by atoms with Crippen LogP contribution in [0.3, 0.4) is 0 Å². The Bertz CT molecular complexity index is 416. The van der Waals surface area contributed by atoms with E-state index >= 15 is 0 Å². The van der Waals surface area contributed by atoms with Crippen molar-refractivity contribution in [2.75, 3.05) is 13.3 Å². The van der Waals surface area contributed by atoms with E-state index in [0.717, 1.165) is 28.9 Å². The van der Waals surface area contributed by atoms with E-state index in [1.807, 2.05) is 0 Å². The summed E-state index contributed by atoms with van der Waals surface area (Å²) in [7, 11) is 0. The predicted molar refractivity (Wildman–Crippen MR) is 69.6 cm³/mol. The number of fused-ring (bicyclic) bond motifs is 1. The molecular weight excluding hydrogens is 282 g/mol. The minimum Gasteiger partial charge on any atom is -0.454 e. The monoisotopic (exact) mass is 297 g/mol. The maximum atomic E-state index is 5.44. The molecular formula is C13H16BrNO2. The molecule has 0 saturated carbocycles. The highest BCUT2D eigenvalue weighted by Gasteiger charge is 2.20. The molecule has 3 rings (SSSR count). The Morgan fingerprint density at radius 2 is 2.24 bits per heavy atom. The van der Waals surface area contributed by atoms with Gasteiger partial charge in [-0.3, -0.25) is 0 Å². The van der Waals surface area contributed by atoms with Crippen molar-refractivity contribution in [2.45, 2.75) is 31.7 Å². The van der Waals surface area contributed by atoms with E-state index in [2.05, 4.69) is 33.4 Å². The zero-order valence-electron chi connectivity index (χ0n) is 9.67. The number of piperidine rings is 1. The minimum absolute atomic E-state index is 0.332. The van der Waals surface area contributed by atoms with E-state index in [4.69, 9.17) is 9.47 Å². The van der Waals surface area contributed by atoms with Crippen molar-refractivity contribution in [2.24, 2.45) is 0 Å². The number of halogens is 1. The van der Waals surface area contributed by atoms with Crippen LogP contribution in [0.2, 0.25) is 0 Å². The highest BCUT2D eigenvalue weighted by atomic mass is 79.9. The number of rotatable bonds is 2. The molecule has 0 aliphatic carbocycles. The standard InChI is InChI=1S/C13H16BrNO2/c14-11-6-9(5-10-3-1-2-4-15-10)7-12-13(11)17-8-16-12/h6-7,10,15H,1-5,8H2. The highest BCUT2D eigenvalue weighted by Crippen LogP contribution is 2.40. The van der Waals surface area contributed by atoms with Gasteiger partial charge in [0.15, 0.2) is 11.5 Å². The van der Waals surface area contributed by atoms with Crippen LogP contribution in [0.25, 0.3) is 0 Å². The maximum Gasteiger partial charge on any atom is 0.231 e. The van der Waals surface area contributed by atoms with Gasteiger partial charge in [0.25, 0.3) is 0 Å². The lowest BCUT2D eigenvalue weighted by molar-refractivity contribution is 0.173. The average Bonchev–Trinajstić information content (AvgIpc) is 2.79. The third-order valence-corrected chi connectivity index (χ3v) is 3.97. The van der Waals surface area contributed by atoms with Gasteiger partial charge in [-0.2, -0.15) is 0 Å². The largest absolute Gasteiger partial charge is 0.454 e. The first-order chi connectivity index (χ1) is 8.33. The lowest BCUT2D eigenvalue weighted by Crippen LogP contribution is -2.35. The van der Waals surface area contributed by atoms with Crippen molar-refractivity contribution in [3.63, 3.8) is 0 Å². The molecule has 0 spiro atoms. The fraction of sp³-hybridized carbons (Fsp3) is 0.538. The topological polar surface area (TPSA) is 30.5 Å². The van der Waals surface area contributed by atoms with Gasteiger partial charge in [-0.15, -0.1) is 0 Å². The first kappa shape index (κ1) is 11.4. The number of nitrogens with one attached hydrogen (secondary N) is 1. The third-order valence-electron chi connectivity index (χ3n) is 3.38. The highest BCUT2D eigenvalue weighted by molar-refractivity contribution is 9.10. The van der Waals surface area contributed by atoms with Crippen molar-refractivity contribution < 1.29 is 9.47 Å². The van der Waals surface area contributed by atoms with Gasteiger partial charge in [-0.25, -0.2) is 0 Å². The first-order valence-electron chi connectivity index (χ1n) is 6.14. The van der Waals surface area contributed by atoms with E-state index in [1.165, 1.54) is 24.8 Å². The summed E-state index contributed by atoms with van der Waals surface area (Å²) in [4.78, 5) is 0. The molecule has 3 nitrogen and oxygen atoms in total. The van der Waals surface area contributed by atoms with Crippen LogP contribution < -0.4 is 14.8 Å². The molecule has 1 aromatic rings. The van der Waals surface area contributed by atoms with Gasteiger partial charge in [0.2, 0.25) is 6.79 Å². The zero-order chi connectivity index (χ0) is 11.7. The zero-order valence-corrected chi connectivity index (χ0v) is 11.3. The molecule has 2 aliphatic rings. The molecule has 92 valence electrons. The molecule has 0 amide bonds. The SMILES string of the molecule is Brc1cc(CC2CCCCN2)cc2c1OCO2. The summed E-state index contributed by atoms with van der Waals surface area (Å²) in [6.45, 7) is 1.48. The van der Waals surface area contributed by atoms with Crippen LogP contribution in [0.5, 0.6) is 11.5 Å². The minimum atomic E-state index is 0.332. The Kier molecular flexibility index (Phi) is 3.25. The van der Waals surface area contributed by atoms with Crippen LogP contribution in [0.1, 0.15) is 24.8 Å². The fourth-order valence-electron chi connectivity index (χ4n) is 2.52. The maximum absolute atomic E-state index is 5.44. The Balaban J connectivity index is 1.76. The fourth-order valence-corrected chi connectivity index (χ4v) is 3.13. The van der Waals surface area contributed by atoms with E-state index in [0.29, 0.717) is 12.8 Å². The van der Waals surface area contributed by atoms with Crippen molar-refractivity contribution >= 4 is 15.9 Å². The van der Waals surface area contributed by atoms with Crippen LogP contribution in [-0.2, 0) is 6.42 Å². The summed E-state index contributed by atoms with van der Waals surface area (Å²) in [5.74, 6) is 1.70. The Morgan fingerprint density at radius 3 is 3.06 bits per heavy atom. The molecule has 17 heavy (non-hydrogen) atoms. The molecule has 1 N–H and O–H groups in total. The molecule has 1 saturated heterocycles. The van der Waals surface area contributed by atoms with Crippen LogP contribution >= 0.6 is 15.9 Å². The lowest BCUT2D eigenvalue weighted by atomic mass is 9.97. The van der Waals surface area contributed by atoms with Crippen LogP contribution in [0.15, 0.2) is 16.6 Å². The van der Waals surface area contributed by atoms with Gasteiger partial charge < -0.3 is 14.8 Å². The first-order valence-corrected chi connectivity index (χ1v) is 6.93. The Labute approximate surface area is 110 Å². The Morgan fingerprint density at radius 1 is 1.29 bits per heavy atom. The second-order valence-electron chi connectivity index (χ2n) is 4.66. The third kappa shape index (κ3) is 2.43. The summed E-state index contributed by atoms with van der Waals surface area (Å²) in [5, 5.41) is 3.57. The van der Waals surface area contributed by atoms with Crippen LogP contribution in [0.4, 0.5) is 0 Å². The number of benzene rings is 1. The molecule has 1 atom stereocenters. The molecule has 0 bridgehead atoms. The molecule has 0 aromatic heterocycles. The molecule has 2 aliphatic heterocycles. The van der Waals surface area contributed by atoms with Gasteiger partial charge in [0, 0.05) is 6.04 Å². The van der Waals surface area contributed by atoms with Crippen molar-refractivity contribution in [3.05, 3.63) is 22.2 Å². The van der Waals surface area contributed by atoms with E-state index < -0.39 is 0 Å². The summed E-state index contributed by atoms with van der Waals surface area (Å²) >= 11 is 3.54. The quantitative estimate of drug-likeness (QED) is 0.910. The number of hydrogen-bond donors (Lipinski definition) is 1. The summed E-state index contributed by atoms with van der Waals surface area (Å²) in [6.07, 6.45) is 4.98. The van der Waals surface area contributed by atoms with Gasteiger partial charge in [0.05, 0.1) is 4.47 Å². The molecule has 1 aromatic carbocycles. The van der Waals surface area contributed by atoms with Crippen molar-refractivity contribution in [1.29, 1.82) is 0 Å². The van der Waals surface area contributed by atoms with E-state index in [9.17, 15) is 0 Å². The normalized spacial score (nSPS) is 22.8. The van der Waals surface area contributed by atoms with Gasteiger partial charge in [-0.1, -0.05) is 6.42 Å². The number of ether oxygens (including phenoxy) is 2. The van der Waals surface area contributed by atoms with Gasteiger partial charge in [0.1, 0.15) is 0 Å². The summed E-state index contributed by atoms with van der Waals surface area (Å²) < 4.78 is 11.8. The summed E-state index contributed by atoms with van der Waals surface area (Å²) in [6, 6.07) is 4.85. The molecule has 1 unspecified atom stereocenters.